The molecule has 0 aromatic rings. The zero-order valence-electron chi connectivity index (χ0n) is 24.8. The summed E-state index contributed by atoms with van der Waals surface area (Å²) in [7, 11) is 53.7. The molecule has 0 N–H and O–H groups in total. The van der Waals surface area contributed by atoms with Crippen LogP contribution in [0, 0.1) is 0 Å². The molecule has 0 atom stereocenters. The van der Waals surface area contributed by atoms with Gasteiger partial charge in [-0.15, -0.1) is 34.3 Å². The first-order chi connectivity index (χ1) is 21.7. The van der Waals surface area contributed by atoms with Crippen LogP contribution in [0.25, 0.3) is 0 Å². The average molecular weight is 537 g/mol. The molecule has 0 spiro atoms. The van der Waals surface area contributed by atoms with Crippen molar-refractivity contribution in [2.24, 2.45) is 0 Å². The Bertz CT molecular complexity index is 781. The van der Waals surface area contributed by atoms with Crippen molar-refractivity contribution in [2.45, 2.75) is 0 Å². The van der Waals surface area contributed by atoms with Gasteiger partial charge in [0.1, 0.15) is 0 Å². The molecule has 30 radical (unpaired) electrons. The van der Waals surface area contributed by atoms with Crippen molar-refractivity contribution in [3.05, 3.63) is 34.3 Å². The molecule has 4 nitrogen and oxygen atoms in total. The quantitative estimate of drug-likeness (QED) is 0.217. The SMILES string of the molecule is O=P(OC/C1=C/[B][B][B][B][B][B][B][B][B][B]1)(OC/C1=C/[B][B][B][B][B][B][B][B][B][B]1)OC/C1=C/[B][B][B][B][B][B][B][B][B][B]1. The minimum absolute atomic E-state index is 0.0226. The Morgan fingerprint density at radius 2 is 0.591 bits per heavy atom. The third-order valence-corrected chi connectivity index (χ3v) is 7.03. The minimum Gasteiger partial charge on any atom is -0.283 e. The van der Waals surface area contributed by atoms with E-state index >= 15 is 0 Å². The molecule has 0 aromatic carbocycles. The maximum Gasteiger partial charge on any atom is 0.475 e. The van der Waals surface area contributed by atoms with E-state index in [-0.39, 0.29) is 19.8 Å². The van der Waals surface area contributed by atoms with Gasteiger partial charge in [0.2, 0.25) is 0 Å². The third-order valence-electron chi connectivity index (χ3n) is 5.70. The highest BCUT2D eigenvalue weighted by Gasteiger charge is 2.28. The fourth-order valence-corrected chi connectivity index (χ4v) is 4.60. The van der Waals surface area contributed by atoms with Crippen molar-refractivity contribution >= 4 is 220 Å². The molecule has 164 valence electrons. The van der Waals surface area contributed by atoms with E-state index in [1.165, 1.54) is 0 Å². The normalized spacial score (nSPS) is 20.8. The summed E-state index contributed by atoms with van der Waals surface area (Å²) in [4.78, 5) is 0. The first-order valence-corrected chi connectivity index (χ1v) is 15.8. The fraction of sp³-hybridized carbons (Fsp3) is 0.333. The molecule has 3 heterocycles. The summed E-state index contributed by atoms with van der Waals surface area (Å²) in [6.45, 7) is 0.0679. The molecule has 0 amide bonds. The first-order valence-electron chi connectivity index (χ1n) is 14.4. The van der Waals surface area contributed by atoms with E-state index in [2.05, 4.69) is 0 Å². The fourth-order valence-electron chi connectivity index (χ4n) is 3.45. The average Bonchev–Trinajstić information content (AvgIpc) is 3.00. The van der Waals surface area contributed by atoms with E-state index in [9.17, 15) is 4.57 Å². The van der Waals surface area contributed by atoms with E-state index in [0.29, 0.717) is 0 Å². The molecule has 0 fully saturated rings. The summed E-state index contributed by atoms with van der Waals surface area (Å²) in [6, 6.07) is 0. The molecule has 0 aliphatic carbocycles. The number of hydrogen-bond acceptors (Lipinski definition) is 4. The van der Waals surface area contributed by atoms with Crippen LogP contribution in [-0.2, 0) is 18.1 Å². The Morgan fingerprint density at radius 3 is 0.864 bits per heavy atom. The van der Waals surface area contributed by atoms with Gasteiger partial charge in [-0.05, 0) is 0 Å². The second kappa shape index (κ2) is 27.1. The van der Waals surface area contributed by atoms with Gasteiger partial charge >= 0.3 is 7.82 Å². The van der Waals surface area contributed by atoms with Gasteiger partial charge < -0.3 is 0 Å². The maximum absolute atomic E-state index is 14.1. The van der Waals surface area contributed by atoms with Crippen LogP contribution in [0.15, 0.2) is 34.3 Å². The summed E-state index contributed by atoms with van der Waals surface area (Å²) in [5, 5.41) is 0. The topological polar surface area (TPSA) is 44.8 Å². The van der Waals surface area contributed by atoms with Crippen molar-refractivity contribution in [1.82, 2.24) is 0 Å². The highest BCUT2D eigenvalue weighted by molar-refractivity contribution is 7.71. The molecular weight excluding hydrogens is 527 g/mol. The molecule has 0 bridgehead atoms. The third kappa shape index (κ3) is 20.6. The largest absolute Gasteiger partial charge is 0.475 e. The molecule has 3 aliphatic rings. The lowest BCUT2D eigenvalue weighted by Gasteiger charge is -2.21. The van der Waals surface area contributed by atoms with Gasteiger partial charge in [-0.25, -0.2) is 4.57 Å². The highest BCUT2D eigenvalue weighted by Crippen LogP contribution is 2.50. The van der Waals surface area contributed by atoms with Crippen LogP contribution in [0.3, 0.4) is 0 Å². The van der Waals surface area contributed by atoms with E-state index in [1.807, 2.05) is 230 Å². The van der Waals surface area contributed by atoms with E-state index in [0.717, 1.165) is 16.4 Å². The summed E-state index contributed by atoms with van der Waals surface area (Å²) >= 11 is 0. The van der Waals surface area contributed by atoms with Gasteiger partial charge in [-0.2, -0.15) is 0 Å². The summed E-state index contributed by atoms with van der Waals surface area (Å²) < 4.78 is 31.9. The van der Waals surface area contributed by atoms with E-state index < -0.39 is 7.82 Å². The highest BCUT2D eigenvalue weighted by atomic mass is 31.2. The van der Waals surface area contributed by atoms with Crippen LogP contribution in [-0.4, -0.2) is 232 Å². The van der Waals surface area contributed by atoms with E-state index in [4.69, 9.17) is 13.6 Å². The Morgan fingerprint density at radius 1 is 0.364 bits per heavy atom. The molecular formula is C9H9B30O4P. The van der Waals surface area contributed by atoms with Crippen LogP contribution in [0.4, 0.5) is 0 Å². The smallest absolute Gasteiger partial charge is 0.283 e. The monoisotopic (exact) mass is 542 g/mol. The van der Waals surface area contributed by atoms with Crippen molar-refractivity contribution in [1.29, 1.82) is 0 Å². The molecule has 0 saturated carbocycles. The van der Waals surface area contributed by atoms with Gasteiger partial charge in [0.25, 0.3) is 0 Å². The summed E-state index contributed by atoms with van der Waals surface area (Å²) in [6.07, 6.45) is 0. The van der Waals surface area contributed by atoms with E-state index in [1.54, 1.807) is 0 Å². The molecule has 0 aromatic heterocycles. The second-order valence-corrected chi connectivity index (χ2v) is 10.9. The Labute approximate surface area is 291 Å². The number of hydrogen-bond donors (Lipinski definition) is 0. The predicted molar refractivity (Wildman–Crippen MR) is 222 cm³/mol. The summed E-state index contributed by atoms with van der Waals surface area (Å²) in [5.41, 5.74) is 2.40. The van der Waals surface area contributed by atoms with Crippen LogP contribution in [0.2, 0.25) is 0 Å². The maximum atomic E-state index is 14.1. The van der Waals surface area contributed by atoms with Crippen LogP contribution >= 0.6 is 7.82 Å². The van der Waals surface area contributed by atoms with Gasteiger partial charge in [0.05, 0.1) is 62.8 Å². The second-order valence-electron chi connectivity index (χ2n) is 9.19. The first kappa shape index (κ1) is 39.7. The van der Waals surface area contributed by atoms with Gasteiger partial charge in [-0.1, -0.05) is 0 Å². The van der Waals surface area contributed by atoms with Crippen molar-refractivity contribution in [3.8, 4) is 0 Å². The predicted octanol–water partition coefficient (Wildman–Crippen LogP) is -9.46. The molecule has 35 heteroatoms. The zero-order valence-corrected chi connectivity index (χ0v) is 25.6. The lowest BCUT2D eigenvalue weighted by atomic mass is 8.88. The molecule has 44 heavy (non-hydrogen) atoms. The van der Waals surface area contributed by atoms with Crippen molar-refractivity contribution < 1.29 is 18.1 Å². The Balaban J connectivity index is 1.66. The lowest BCUT2D eigenvalue weighted by molar-refractivity contribution is 0.138. The lowest BCUT2D eigenvalue weighted by Crippen LogP contribution is -2.34. The number of phosphoric acid groups is 1. The van der Waals surface area contributed by atoms with Crippen molar-refractivity contribution in [3.63, 3.8) is 0 Å². The molecule has 0 saturated heterocycles. The molecule has 3 aliphatic heterocycles. The van der Waals surface area contributed by atoms with Gasteiger partial charge in [0, 0.05) is 169 Å². The van der Waals surface area contributed by atoms with Crippen LogP contribution in [0.5, 0.6) is 0 Å². The summed E-state index contributed by atoms with van der Waals surface area (Å²) in [5.74, 6) is 5.70. The molecule has 3 rings (SSSR count). The van der Waals surface area contributed by atoms with Crippen LogP contribution < -0.4 is 0 Å². The standard InChI is InChI=1S/C9H9B30O4P/c40-44(41-4-7-1-10-16-22-28-34-37-31-25-19-13-7,42-5-8-2-11-17-23-29-35-38-32-26-20-14-8)43-6-9-3-12-18-24-30-36-39-33-27-21-15-9/h1-3H,4-6H2/b7-1-,8-2-,9-3-. The van der Waals surface area contributed by atoms with Gasteiger partial charge in [0.15, 0.2) is 0 Å². The zero-order chi connectivity index (χ0) is 30.8. The minimum atomic E-state index is -4.03. The van der Waals surface area contributed by atoms with Crippen LogP contribution in [0.1, 0.15) is 0 Å². The number of rotatable bonds is 9. The van der Waals surface area contributed by atoms with Crippen molar-refractivity contribution in [2.75, 3.05) is 19.8 Å². The van der Waals surface area contributed by atoms with Gasteiger partial charge in [-0.3, -0.25) is 13.6 Å². The number of phosphoric ester groups is 1. The Kier molecular flexibility index (Phi) is 24.5. The Hall–Kier alpha value is 1.28. The molecule has 0 unspecified atom stereocenters.